The molecule has 0 amide bonds. The van der Waals surface area contributed by atoms with Crippen LogP contribution in [0.2, 0.25) is 0 Å². The van der Waals surface area contributed by atoms with Crippen molar-refractivity contribution in [2.24, 2.45) is 0 Å². The fourth-order valence-electron chi connectivity index (χ4n) is 3.09. The van der Waals surface area contributed by atoms with Crippen molar-refractivity contribution in [3.63, 3.8) is 0 Å². The van der Waals surface area contributed by atoms with E-state index in [0.29, 0.717) is 11.3 Å². The molecule has 1 atom stereocenters. The van der Waals surface area contributed by atoms with Gasteiger partial charge in [-0.05, 0) is 41.1 Å². The molecule has 0 spiro atoms. The van der Waals surface area contributed by atoms with Crippen LogP contribution < -0.4 is 10.1 Å². The van der Waals surface area contributed by atoms with Gasteiger partial charge in [-0.25, -0.2) is 4.79 Å². The van der Waals surface area contributed by atoms with Crippen molar-refractivity contribution in [1.82, 2.24) is 0 Å². The number of anilines is 1. The van der Waals surface area contributed by atoms with E-state index < -0.39 is 12.0 Å². The van der Waals surface area contributed by atoms with E-state index in [-0.39, 0.29) is 5.78 Å². The summed E-state index contributed by atoms with van der Waals surface area (Å²) in [6, 6.07) is 23.2. The van der Waals surface area contributed by atoms with Gasteiger partial charge in [0, 0.05) is 28.4 Å². The first kappa shape index (κ1) is 18.9. The van der Waals surface area contributed by atoms with Gasteiger partial charge in [-0.1, -0.05) is 48.5 Å². The number of benzene rings is 3. The second kappa shape index (κ2) is 8.29. The molecule has 4 rings (SSSR count). The third-order valence-corrected chi connectivity index (χ3v) is 5.50. The first-order valence-corrected chi connectivity index (χ1v) is 9.95. The summed E-state index contributed by atoms with van der Waals surface area (Å²) in [6.07, 6.45) is 0. The summed E-state index contributed by atoms with van der Waals surface area (Å²) in [6.45, 7) is 3.40. The number of hydrogen-bond donors (Lipinski definition) is 1. The Bertz CT molecular complexity index is 1170. The van der Waals surface area contributed by atoms with Gasteiger partial charge in [-0.3, -0.25) is 4.79 Å². The Labute approximate surface area is 172 Å². The highest BCUT2D eigenvalue weighted by Gasteiger charge is 2.26. The minimum Gasteiger partial charge on any atom is -0.425 e. The first-order valence-electron chi connectivity index (χ1n) is 9.07. The molecule has 4 nitrogen and oxygen atoms in total. The lowest BCUT2D eigenvalue weighted by Crippen LogP contribution is -2.25. The van der Waals surface area contributed by atoms with Crippen molar-refractivity contribution in [1.29, 1.82) is 0 Å². The van der Waals surface area contributed by atoms with Gasteiger partial charge in [0.05, 0.1) is 0 Å². The molecule has 5 heteroatoms. The second-order valence-electron chi connectivity index (χ2n) is 6.50. The van der Waals surface area contributed by atoms with Crippen LogP contribution in [0.5, 0.6) is 5.75 Å². The van der Waals surface area contributed by atoms with E-state index in [1.54, 1.807) is 29.5 Å². The summed E-state index contributed by atoms with van der Waals surface area (Å²) < 4.78 is 6.73. The zero-order valence-electron chi connectivity index (χ0n) is 15.5. The molecule has 0 aliphatic carbocycles. The van der Waals surface area contributed by atoms with E-state index in [1.807, 2.05) is 60.0 Å². The highest BCUT2D eigenvalue weighted by atomic mass is 32.1. The van der Waals surface area contributed by atoms with Crippen molar-refractivity contribution >= 4 is 38.9 Å². The molecule has 0 unspecified atom stereocenters. The zero-order valence-corrected chi connectivity index (χ0v) is 16.3. The van der Waals surface area contributed by atoms with Gasteiger partial charge in [-0.2, -0.15) is 0 Å². The molecule has 0 saturated carbocycles. The van der Waals surface area contributed by atoms with Crippen molar-refractivity contribution in [3.8, 4) is 5.75 Å². The number of carbonyl (C=O) groups is 2. The molecule has 1 N–H and O–H groups in total. The lowest BCUT2D eigenvalue weighted by molar-refractivity contribution is -0.135. The third-order valence-electron chi connectivity index (χ3n) is 4.52. The van der Waals surface area contributed by atoms with Crippen molar-refractivity contribution < 1.29 is 14.3 Å². The number of Topliss-reactive ketones (excluding diaryl/α,β-unsaturated/α-hetero) is 1. The van der Waals surface area contributed by atoms with Gasteiger partial charge >= 0.3 is 5.97 Å². The molecule has 29 heavy (non-hydrogen) atoms. The van der Waals surface area contributed by atoms with E-state index >= 15 is 0 Å². The molecule has 143 valence electrons. The summed E-state index contributed by atoms with van der Waals surface area (Å²) in [7, 11) is 0. The maximum Gasteiger partial charge on any atom is 0.338 e. The van der Waals surface area contributed by atoms with E-state index in [4.69, 9.17) is 4.74 Å². The van der Waals surface area contributed by atoms with Gasteiger partial charge < -0.3 is 10.1 Å². The summed E-state index contributed by atoms with van der Waals surface area (Å²) >= 11 is 1.58. The highest BCUT2D eigenvalue weighted by Crippen LogP contribution is 2.33. The quantitative estimate of drug-likeness (QED) is 0.257. The molecule has 1 heterocycles. The lowest BCUT2D eigenvalue weighted by Gasteiger charge is -2.19. The molecule has 0 aliphatic heterocycles. The van der Waals surface area contributed by atoms with E-state index in [0.717, 1.165) is 21.3 Å². The van der Waals surface area contributed by atoms with E-state index in [1.165, 1.54) is 6.07 Å². The summed E-state index contributed by atoms with van der Waals surface area (Å²) in [4.78, 5) is 24.7. The average molecular weight is 400 g/mol. The van der Waals surface area contributed by atoms with Crippen LogP contribution >= 0.6 is 11.3 Å². The Morgan fingerprint density at radius 1 is 0.931 bits per heavy atom. The molecule has 0 aliphatic rings. The van der Waals surface area contributed by atoms with Gasteiger partial charge in [-0.15, -0.1) is 11.3 Å². The molecule has 0 fully saturated rings. The standard InChI is InChI=1S/C24H18NO3S/c1-16(26)17-8-7-11-19(14-17)28-24(27)23(25-18-9-3-2-4-10-18)21-15-29-22-13-6-5-12-20(21)22/h2-15,23,25H,1H2/t23-/m0/s1. The minimum atomic E-state index is -0.701. The SMILES string of the molecule is [CH2]C(=O)c1cccc(OC(=O)[C@@H](Nc2ccccc2)c2csc3ccccc23)c1. The van der Waals surface area contributed by atoms with E-state index in [2.05, 4.69) is 12.2 Å². The topological polar surface area (TPSA) is 55.4 Å². The van der Waals surface area contributed by atoms with Gasteiger partial charge in [0.25, 0.3) is 0 Å². The molecule has 3 aromatic carbocycles. The molecular formula is C24H18NO3S. The van der Waals surface area contributed by atoms with Crippen LogP contribution in [0.25, 0.3) is 10.1 Å². The maximum atomic E-state index is 13.2. The monoisotopic (exact) mass is 400 g/mol. The van der Waals surface area contributed by atoms with Crippen LogP contribution in [0.4, 0.5) is 5.69 Å². The van der Waals surface area contributed by atoms with Crippen molar-refractivity contribution in [2.45, 2.75) is 6.04 Å². The number of hydrogen-bond acceptors (Lipinski definition) is 5. The molecule has 0 bridgehead atoms. The predicted octanol–water partition coefficient (Wildman–Crippen LogP) is 5.68. The smallest absolute Gasteiger partial charge is 0.338 e. The van der Waals surface area contributed by atoms with Crippen LogP contribution in [0.3, 0.4) is 0 Å². The number of esters is 1. The van der Waals surface area contributed by atoms with Gasteiger partial charge in [0.2, 0.25) is 0 Å². The van der Waals surface area contributed by atoms with Crippen LogP contribution in [-0.4, -0.2) is 11.8 Å². The molecule has 0 saturated heterocycles. The Kier molecular flexibility index (Phi) is 5.40. The number of ether oxygens (including phenoxy) is 1. The maximum absolute atomic E-state index is 13.2. The zero-order chi connectivity index (χ0) is 20.2. The Hall–Kier alpha value is -3.44. The lowest BCUT2D eigenvalue weighted by atomic mass is 10.1. The number of nitrogens with one attached hydrogen (secondary N) is 1. The first-order chi connectivity index (χ1) is 14.1. The molecule has 4 aromatic rings. The Balaban J connectivity index is 1.69. The van der Waals surface area contributed by atoms with Crippen LogP contribution in [0.15, 0.2) is 84.2 Å². The number of ketones is 1. The predicted molar refractivity (Wildman–Crippen MR) is 116 cm³/mol. The van der Waals surface area contributed by atoms with Crippen LogP contribution in [0, 0.1) is 6.92 Å². The number of carbonyl (C=O) groups excluding carboxylic acids is 2. The van der Waals surface area contributed by atoms with Crippen LogP contribution in [0.1, 0.15) is 22.0 Å². The molecular weight excluding hydrogens is 382 g/mol. The molecule has 1 radical (unpaired) electrons. The van der Waals surface area contributed by atoms with E-state index in [9.17, 15) is 9.59 Å². The number of fused-ring (bicyclic) bond motifs is 1. The average Bonchev–Trinajstić information content (AvgIpc) is 3.17. The Morgan fingerprint density at radius 3 is 2.48 bits per heavy atom. The van der Waals surface area contributed by atoms with Crippen LogP contribution in [-0.2, 0) is 4.79 Å². The van der Waals surface area contributed by atoms with Crippen molar-refractivity contribution in [3.05, 3.63) is 102 Å². The number of para-hydroxylation sites is 1. The third kappa shape index (κ3) is 4.20. The largest absolute Gasteiger partial charge is 0.425 e. The molecule has 1 aromatic heterocycles. The van der Waals surface area contributed by atoms with Crippen molar-refractivity contribution in [2.75, 3.05) is 5.32 Å². The number of rotatable bonds is 6. The number of thiophene rings is 1. The second-order valence-corrected chi connectivity index (χ2v) is 7.41. The fourth-order valence-corrected chi connectivity index (χ4v) is 4.08. The normalized spacial score (nSPS) is 11.8. The highest BCUT2D eigenvalue weighted by molar-refractivity contribution is 7.17. The minimum absolute atomic E-state index is 0.309. The Morgan fingerprint density at radius 2 is 1.69 bits per heavy atom. The fraction of sp³-hybridized carbons (Fsp3) is 0.0417. The summed E-state index contributed by atoms with van der Waals surface area (Å²) in [5.41, 5.74) is 2.05. The summed E-state index contributed by atoms with van der Waals surface area (Å²) in [5.74, 6) is -0.472. The van der Waals surface area contributed by atoms with Gasteiger partial charge in [0.1, 0.15) is 5.75 Å². The van der Waals surface area contributed by atoms with Gasteiger partial charge in [0.15, 0.2) is 11.8 Å². The summed E-state index contributed by atoms with van der Waals surface area (Å²) in [5, 5.41) is 6.26.